The zero-order chi connectivity index (χ0) is 15.7. The smallest absolute Gasteiger partial charge is 0.0451 e. The quantitative estimate of drug-likeness (QED) is 0.687. The Morgan fingerprint density at radius 3 is 2.38 bits per heavy atom. The molecule has 0 aliphatic carbocycles. The van der Waals surface area contributed by atoms with Gasteiger partial charge in [0.15, 0.2) is 0 Å². The number of likely N-dealkylation sites (N-methyl/N-ethyl adjacent to an activating group) is 1. The molecule has 0 spiro atoms. The van der Waals surface area contributed by atoms with E-state index in [1.54, 1.807) is 0 Å². The van der Waals surface area contributed by atoms with Gasteiger partial charge in [-0.2, -0.15) is 0 Å². The monoisotopic (exact) mass is 290 g/mol. The van der Waals surface area contributed by atoms with Crippen LogP contribution in [0.4, 0.5) is 0 Å². The molecule has 1 N–H and O–H groups in total. The first-order valence-electron chi connectivity index (χ1n) is 8.63. The molecular formula is C19H34N2. The summed E-state index contributed by atoms with van der Waals surface area (Å²) in [6.45, 7) is 15.9. The number of aryl methyl sites for hydroxylation is 1. The lowest BCUT2D eigenvalue weighted by atomic mass is 10.00. The Hall–Kier alpha value is -0.860. The molecule has 0 aliphatic rings. The summed E-state index contributed by atoms with van der Waals surface area (Å²) in [5, 5.41) is 3.74. The van der Waals surface area contributed by atoms with Gasteiger partial charge in [0, 0.05) is 19.1 Å². The van der Waals surface area contributed by atoms with Crippen molar-refractivity contribution in [3.8, 4) is 0 Å². The highest BCUT2D eigenvalue weighted by molar-refractivity contribution is 5.29. The summed E-state index contributed by atoms with van der Waals surface area (Å²) >= 11 is 0. The van der Waals surface area contributed by atoms with Gasteiger partial charge in [0.05, 0.1) is 0 Å². The summed E-state index contributed by atoms with van der Waals surface area (Å²) in [6.07, 6.45) is 2.44. The summed E-state index contributed by atoms with van der Waals surface area (Å²) in [5.74, 6) is 0.772. The second-order valence-electron chi connectivity index (χ2n) is 6.23. The van der Waals surface area contributed by atoms with Crippen molar-refractivity contribution >= 4 is 0 Å². The average molecular weight is 290 g/mol. The van der Waals surface area contributed by atoms with Gasteiger partial charge in [0.1, 0.15) is 0 Å². The number of nitrogens with one attached hydrogen (secondary N) is 1. The van der Waals surface area contributed by atoms with E-state index in [2.05, 4.69) is 69.1 Å². The SMILES string of the molecule is CCCNC(CN(CC)CC(C)CC)c1ccccc1C. The van der Waals surface area contributed by atoms with Crippen LogP contribution in [0, 0.1) is 12.8 Å². The third-order valence-corrected chi connectivity index (χ3v) is 4.36. The van der Waals surface area contributed by atoms with Crippen LogP contribution >= 0.6 is 0 Å². The third-order valence-electron chi connectivity index (χ3n) is 4.36. The highest BCUT2D eigenvalue weighted by Crippen LogP contribution is 2.19. The Kier molecular flexibility index (Phi) is 8.63. The Labute approximate surface area is 131 Å². The maximum absolute atomic E-state index is 3.74. The van der Waals surface area contributed by atoms with Gasteiger partial charge in [-0.15, -0.1) is 0 Å². The third kappa shape index (κ3) is 6.19. The Morgan fingerprint density at radius 2 is 1.81 bits per heavy atom. The van der Waals surface area contributed by atoms with Crippen molar-refractivity contribution in [3.05, 3.63) is 35.4 Å². The molecule has 2 atom stereocenters. The number of nitrogens with zero attached hydrogens (tertiary/aromatic N) is 1. The molecule has 0 amide bonds. The lowest BCUT2D eigenvalue weighted by molar-refractivity contribution is 0.220. The van der Waals surface area contributed by atoms with Gasteiger partial charge in [-0.05, 0) is 43.5 Å². The molecule has 0 heterocycles. The highest BCUT2D eigenvalue weighted by atomic mass is 15.1. The van der Waals surface area contributed by atoms with Crippen LogP contribution in [0.3, 0.4) is 0 Å². The van der Waals surface area contributed by atoms with Crippen molar-refractivity contribution in [1.29, 1.82) is 0 Å². The predicted molar refractivity (Wildman–Crippen MR) is 93.8 cm³/mol. The van der Waals surface area contributed by atoms with E-state index in [1.807, 2.05) is 0 Å². The van der Waals surface area contributed by atoms with Crippen LogP contribution in [0.2, 0.25) is 0 Å². The minimum atomic E-state index is 0.440. The number of rotatable bonds is 10. The Balaban J connectivity index is 2.79. The fraction of sp³-hybridized carbons (Fsp3) is 0.684. The summed E-state index contributed by atoms with van der Waals surface area (Å²) in [4.78, 5) is 2.59. The van der Waals surface area contributed by atoms with E-state index in [4.69, 9.17) is 0 Å². The second-order valence-corrected chi connectivity index (χ2v) is 6.23. The summed E-state index contributed by atoms with van der Waals surface area (Å²) in [7, 11) is 0. The average Bonchev–Trinajstić information content (AvgIpc) is 2.50. The topological polar surface area (TPSA) is 15.3 Å². The second kappa shape index (κ2) is 9.97. The van der Waals surface area contributed by atoms with Gasteiger partial charge in [-0.3, -0.25) is 0 Å². The summed E-state index contributed by atoms with van der Waals surface area (Å²) < 4.78 is 0. The van der Waals surface area contributed by atoms with Crippen LogP contribution in [0.5, 0.6) is 0 Å². The molecule has 0 saturated carbocycles. The summed E-state index contributed by atoms with van der Waals surface area (Å²) in [5.41, 5.74) is 2.85. The zero-order valence-electron chi connectivity index (χ0n) is 14.7. The molecule has 2 heteroatoms. The van der Waals surface area contributed by atoms with Gasteiger partial charge in [-0.25, -0.2) is 0 Å². The molecule has 0 aliphatic heterocycles. The minimum Gasteiger partial charge on any atom is -0.309 e. The van der Waals surface area contributed by atoms with Crippen molar-refractivity contribution < 1.29 is 0 Å². The van der Waals surface area contributed by atoms with Crippen LogP contribution in [0.1, 0.15) is 57.7 Å². The Bertz CT molecular complexity index is 389. The van der Waals surface area contributed by atoms with E-state index in [0.717, 1.165) is 25.6 Å². The van der Waals surface area contributed by atoms with E-state index in [0.29, 0.717) is 6.04 Å². The maximum Gasteiger partial charge on any atom is 0.0451 e. The van der Waals surface area contributed by atoms with Crippen molar-refractivity contribution in [2.24, 2.45) is 5.92 Å². The predicted octanol–water partition coefficient (Wildman–Crippen LogP) is 4.40. The van der Waals surface area contributed by atoms with Gasteiger partial charge in [-0.1, -0.05) is 58.4 Å². The molecular weight excluding hydrogens is 256 g/mol. The van der Waals surface area contributed by atoms with Crippen molar-refractivity contribution in [3.63, 3.8) is 0 Å². The molecule has 0 fully saturated rings. The van der Waals surface area contributed by atoms with Gasteiger partial charge in [0.2, 0.25) is 0 Å². The van der Waals surface area contributed by atoms with Gasteiger partial charge >= 0.3 is 0 Å². The lowest BCUT2D eigenvalue weighted by Gasteiger charge is -2.30. The zero-order valence-corrected chi connectivity index (χ0v) is 14.7. The van der Waals surface area contributed by atoms with E-state index in [9.17, 15) is 0 Å². The van der Waals surface area contributed by atoms with Gasteiger partial charge in [0.25, 0.3) is 0 Å². The number of hydrogen-bond acceptors (Lipinski definition) is 2. The summed E-state index contributed by atoms with van der Waals surface area (Å²) in [6, 6.07) is 9.23. The molecule has 120 valence electrons. The molecule has 0 aromatic heterocycles. The molecule has 1 aromatic rings. The Morgan fingerprint density at radius 1 is 1.10 bits per heavy atom. The maximum atomic E-state index is 3.74. The molecule has 1 rings (SSSR count). The van der Waals surface area contributed by atoms with Crippen LogP contribution in [-0.4, -0.2) is 31.1 Å². The fourth-order valence-corrected chi connectivity index (χ4v) is 2.73. The minimum absolute atomic E-state index is 0.440. The molecule has 0 radical (unpaired) electrons. The van der Waals surface area contributed by atoms with E-state index >= 15 is 0 Å². The van der Waals surface area contributed by atoms with Gasteiger partial charge < -0.3 is 10.2 Å². The normalized spacial score (nSPS) is 14.4. The lowest BCUT2D eigenvalue weighted by Crippen LogP contribution is -2.38. The fourth-order valence-electron chi connectivity index (χ4n) is 2.73. The van der Waals surface area contributed by atoms with Crippen LogP contribution in [-0.2, 0) is 0 Å². The first kappa shape index (κ1) is 18.2. The van der Waals surface area contributed by atoms with E-state index < -0.39 is 0 Å². The first-order chi connectivity index (χ1) is 10.1. The van der Waals surface area contributed by atoms with Crippen molar-refractivity contribution in [2.45, 2.75) is 53.5 Å². The molecule has 2 unspecified atom stereocenters. The number of benzene rings is 1. The standard InChI is InChI=1S/C19H34N2/c1-6-13-20-19(18-12-10-9-11-17(18)5)15-21(8-3)14-16(4)7-2/h9-12,16,19-20H,6-8,13-15H2,1-5H3. The van der Waals surface area contributed by atoms with Crippen molar-refractivity contribution in [1.82, 2.24) is 10.2 Å². The molecule has 1 aromatic carbocycles. The van der Waals surface area contributed by atoms with E-state index in [1.165, 1.54) is 30.5 Å². The van der Waals surface area contributed by atoms with Crippen LogP contribution < -0.4 is 5.32 Å². The largest absolute Gasteiger partial charge is 0.309 e. The molecule has 0 bridgehead atoms. The number of hydrogen-bond donors (Lipinski definition) is 1. The molecule has 0 saturated heterocycles. The van der Waals surface area contributed by atoms with E-state index in [-0.39, 0.29) is 0 Å². The van der Waals surface area contributed by atoms with Crippen molar-refractivity contribution in [2.75, 3.05) is 26.2 Å². The van der Waals surface area contributed by atoms with Crippen LogP contribution in [0.25, 0.3) is 0 Å². The first-order valence-corrected chi connectivity index (χ1v) is 8.63. The highest BCUT2D eigenvalue weighted by Gasteiger charge is 2.17. The molecule has 2 nitrogen and oxygen atoms in total. The van der Waals surface area contributed by atoms with Crippen LogP contribution in [0.15, 0.2) is 24.3 Å². The molecule has 21 heavy (non-hydrogen) atoms.